The second-order valence-corrected chi connectivity index (χ2v) is 6.77. The number of aliphatic imine (C=N–C) groups is 1. The van der Waals surface area contributed by atoms with Crippen LogP contribution in [0.15, 0.2) is 63.5 Å². The van der Waals surface area contributed by atoms with Crippen LogP contribution in [-0.2, 0) is 17.9 Å². The first-order chi connectivity index (χ1) is 13.3. The molecule has 0 aliphatic heterocycles. The number of furan rings is 1. The third kappa shape index (κ3) is 6.23. The van der Waals surface area contributed by atoms with Crippen molar-refractivity contribution >= 4 is 17.3 Å². The van der Waals surface area contributed by atoms with Crippen molar-refractivity contribution in [1.29, 1.82) is 0 Å². The molecule has 27 heavy (non-hydrogen) atoms. The van der Waals surface area contributed by atoms with Crippen LogP contribution in [0.25, 0.3) is 11.3 Å². The lowest BCUT2D eigenvalue weighted by Gasteiger charge is -2.10. The van der Waals surface area contributed by atoms with Gasteiger partial charge in [0, 0.05) is 31.1 Å². The van der Waals surface area contributed by atoms with Gasteiger partial charge in [-0.05, 0) is 18.6 Å². The highest BCUT2D eigenvalue weighted by molar-refractivity contribution is 7.09. The molecule has 2 aromatic heterocycles. The van der Waals surface area contributed by atoms with Gasteiger partial charge in [0.15, 0.2) is 5.96 Å². The van der Waals surface area contributed by atoms with Gasteiger partial charge in [0.1, 0.15) is 17.4 Å². The number of ether oxygens (including phenoxy) is 1. The number of hydrogen-bond donors (Lipinski definition) is 2. The molecular weight excluding hydrogens is 360 g/mol. The molecule has 0 unspecified atom stereocenters. The maximum absolute atomic E-state index is 5.57. The molecule has 6 nitrogen and oxygen atoms in total. The third-order valence-corrected chi connectivity index (χ3v) is 4.68. The molecule has 0 aliphatic rings. The van der Waals surface area contributed by atoms with E-state index in [2.05, 4.69) is 38.1 Å². The Bertz CT molecular complexity index is 816. The zero-order valence-electron chi connectivity index (χ0n) is 15.4. The Morgan fingerprint density at radius 3 is 2.85 bits per heavy atom. The summed E-state index contributed by atoms with van der Waals surface area (Å²) >= 11 is 1.65. The van der Waals surface area contributed by atoms with Crippen LogP contribution in [0.4, 0.5) is 0 Å². The molecule has 0 saturated heterocycles. The summed E-state index contributed by atoms with van der Waals surface area (Å²) in [6.07, 6.45) is 2.54. The lowest BCUT2D eigenvalue weighted by Crippen LogP contribution is -2.37. The Labute approximate surface area is 163 Å². The van der Waals surface area contributed by atoms with Crippen molar-refractivity contribution in [3.8, 4) is 11.3 Å². The minimum Gasteiger partial charge on any atom is -0.467 e. The number of aromatic nitrogens is 1. The van der Waals surface area contributed by atoms with Crippen LogP contribution in [0.5, 0.6) is 0 Å². The molecular formula is C20H24N4O2S. The summed E-state index contributed by atoms with van der Waals surface area (Å²) in [6.45, 7) is 2.60. The van der Waals surface area contributed by atoms with Crippen molar-refractivity contribution in [1.82, 2.24) is 15.6 Å². The fraction of sp³-hybridized carbons (Fsp3) is 0.300. The Morgan fingerprint density at radius 2 is 2.07 bits per heavy atom. The van der Waals surface area contributed by atoms with Crippen LogP contribution in [0.2, 0.25) is 0 Å². The van der Waals surface area contributed by atoms with E-state index in [1.165, 1.54) is 0 Å². The molecule has 0 atom stereocenters. The molecule has 7 heteroatoms. The molecule has 3 rings (SSSR count). The SMILES string of the molecule is CN=C(NCCCOCc1ccco1)NCc1nc(-c2ccccc2)cs1. The fourth-order valence-corrected chi connectivity index (χ4v) is 3.21. The number of guanidine groups is 1. The van der Waals surface area contributed by atoms with Crippen molar-refractivity contribution in [2.24, 2.45) is 4.99 Å². The van der Waals surface area contributed by atoms with Crippen molar-refractivity contribution in [3.05, 3.63) is 64.9 Å². The quantitative estimate of drug-likeness (QED) is 0.335. The van der Waals surface area contributed by atoms with Crippen LogP contribution in [0.1, 0.15) is 17.2 Å². The predicted octanol–water partition coefficient (Wildman–Crippen LogP) is 3.68. The van der Waals surface area contributed by atoms with Crippen LogP contribution >= 0.6 is 11.3 Å². The third-order valence-electron chi connectivity index (χ3n) is 3.83. The summed E-state index contributed by atoms with van der Waals surface area (Å²) in [6, 6.07) is 14.0. The van der Waals surface area contributed by atoms with Crippen LogP contribution in [-0.4, -0.2) is 31.1 Å². The van der Waals surface area contributed by atoms with Crippen LogP contribution in [0, 0.1) is 0 Å². The van der Waals surface area contributed by atoms with Gasteiger partial charge in [0.05, 0.1) is 18.5 Å². The van der Waals surface area contributed by atoms with E-state index in [1.54, 1.807) is 24.6 Å². The highest BCUT2D eigenvalue weighted by Crippen LogP contribution is 2.21. The van der Waals surface area contributed by atoms with Gasteiger partial charge in [0.25, 0.3) is 0 Å². The van der Waals surface area contributed by atoms with E-state index >= 15 is 0 Å². The molecule has 0 radical (unpaired) electrons. The number of rotatable bonds is 9. The second-order valence-electron chi connectivity index (χ2n) is 5.83. The molecule has 2 N–H and O–H groups in total. The van der Waals surface area contributed by atoms with Gasteiger partial charge >= 0.3 is 0 Å². The minimum atomic E-state index is 0.508. The zero-order chi connectivity index (χ0) is 18.7. The average Bonchev–Trinajstić information content (AvgIpc) is 3.39. The first-order valence-electron chi connectivity index (χ1n) is 8.89. The number of benzene rings is 1. The Hall–Kier alpha value is -2.64. The van der Waals surface area contributed by atoms with Crippen molar-refractivity contribution in [2.75, 3.05) is 20.2 Å². The molecule has 0 saturated carbocycles. The van der Waals surface area contributed by atoms with Crippen LogP contribution < -0.4 is 10.6 Å². The van der Waals surface area contributed by atoms with Gasteiger partial charge in [-0.15, -0.1) is 11.3 Å². The molecule has 142 valence electrons. The predicted molar refractivity (Wildman–Crippen MR) is 109 cm³/mol. The van der Waals surface area contributed by atoms with Gasteiger partial charge in [-0.2, -0.15) is 0 Å². The Balaban J connectivity index is 1.34. The largest absolute Gasteiger partial charge is 0.467 e. The summed E-state index contributed by atoms with van der Waals surface area (Å²) in [5, 5.41) is 9.69. The summed E-state index contributed by atoms with van der Waals surface area (Å²) in [5.74, 6) is 1.61. The topological polar surface area (TPSA) is 71.7 Å². The van der Waals surface area contributed by atoms with Crippen molar-refractivity contribution in [2.45, 2.75) is 19.6 Å². The van der Waals surface area contributed by atoms with Gasteiger partial charge in [-0.1, -0.05) is 30.3 Å². The molecule has 3 aromatic rings. The lowest BCUT2D eigenvalue weighted by molar-refractivity contribution is 0.105. The highest BCUT2D eigenvalue weighted by atomic mass is 32.1. The molecule has 0 aliphatic carbocycles. The van der Waals surface area contributed by atoms with E-state index in [0.717, 1.165) is 41.0 Å². The standard InChI is InChI=1S/C20H24N4O2S/c1-21-20(22-10-6-11-25-14-17-9-5-12-26-17)23-13-19-24-18(15-27-19)16-7-3-2-4-8-16/h2-5,7-9,12,15H,6,10-11,13-14H2,1H3,(H2,21,22,23). The van der Waals surface area contributed by atoms with Crippen LogP contribution in [0.3, 0.4) is 0 Å². The summed E-state index contributed by atoms with van der Waals surface area (Å²) in [7, 11) is 1.76. The number of hydrogen-bond acceptors (Lipinski definition) is 5. The molecule has 1 aromatic carbocycles. The molecule has 0 fully saturated rings. The van der Waals surface area contributed by atoms with E-state index in [0.29, 0.717) is 19.8 Å². The van der Waals surface area contributed by atoms with E-state index in [-0.39, 0.29) is 0 Å². The maximum atomic E-state index is 5.57. The lowest BCUT2D eigenvalue weighted by atomic mass is 10.2. The summed E-state index contributed by atoms with van der Waals surface area (Å²) in [5.41, 5.74) is 2.14. The van der Waals surface area contributed by atoms with Crippen molar-refractivity contribution in [3.63, 3.8) is 0 Å². The normalized spacial score (nSPS) is 11.5. The Morgan fingerprint density at radius 1 is 1.19 bits per heavy atom. The van der Waals surface area contributed by atoms with Gasteiger partial charge in [0.2, 0.25) is 0 Å². The number of thiazole rings is 1. The smallest absolute Gasteiger partial charge is 0.191 e. The van der Waals surface area contributed by atoms with Gasteiger partial charge < -0.3 is 19.8 Å². The highest BCUT2D eigenvalue weighted by Gasteiger charge is 2.05. The monoisotopic (exact) mass is 384 g/mol. The first kappa shape index (κ1) is 19.1. The van der Waals surface area contributed by atoms with E-state index in [9.17, 15) is 0 Å². The van der Waals surface area contributed by atoms with E-state index < -0.39 is 0 Å². The minimum absolute atomic E-state index is 0.508. The summed E-state index contributed by atoms with van der Waals surface area (Å²) < 4.78 is 10.8. The zero-order valence-corrected chi connectivity index (χ0v) is 16.2. The summed E-state index contributed by atoms with van der Waals surface area (Å²) in [4.78, 5) is 8.92. The number of nitrogens with one attached hydrogen (secondary N) is 2. The maximum Gasteiger partial charge on any atom is 0.191 e. The average molecular weight is 385 g/mol. The molecule has 0 amide bonds. The van der Waals surface area contributed by atoms with E-state index in [4.69, 9.17) is 9.15 Å². The van der Waals surface area contributed by atoms with Crippen molar-refractivity contribution < 1.29 is 9.15 Å². The second kappa shape index (κ2) is 10.5. The first-order valence-corrected chi connectivity index (χ1v) is 9.77. The molecule has 0 spiro atoms. The number of nitrogens with zero attached hydrogens (tertiary/aromatic N) is 2. The Kier molecular flexibility index (Phi) is 7.44. The van der Waals surface area contributed by atoms with Gasteiger partial charge in [-0.25, -0.2) is 4.98 Å². The molecule has 2 heterocycles. The van der Waals surface area contributed by atoms with Gasteiger partial charge in [-0.3, -0.25) is 4.99 Å². The fourth-order valence-electron chi connectivity index (χ4n) is 2.46. The molecule has 0 bridgehead atoms. The van der Waals surface area contributed by atoms with E-state index in [1.807, 2.05) is 30.3 Å².